The van der Waals surface area contributed by atoms with Gasteiger partial charge in [0.1, 0.15) is 5.60 Å². The molecule has 0 radical (unpaired) electrons. The van der Waals surface area contributed by atoms with E-state index >= 15 is 0 Å². The number of carbonyl (C=O) groups is 2. The monoisotopic (exact) mass is 423 g/mol. The van der Waals surface area contributed by atoms with Crippen molar-refractivity contribution < 1.29 is 14.3 Å². The molecule has 5 atom stereocenters. The number of fused-ring (bicyclic) bond motifs is 6. The Morgan fingerprint density at radius 3 is 2.52 bits per heavy atom. The number of rotatable bonds is 1. The first-order valence-electron chi connectivity index (χ1n) is 12.2. The molecule has 4 nitrogen and oxygen atoms in total. The number of hydrogen-bond donors (Lipinski definition) is 0. The van der Waals surface area contributed by atoms with Gasteiger partial charge in [0.15, 0.2) is 0 Å². The largest absolute Gasteiger partial charge is 0.458 e. The van der Waals surface area contributed by atoms with E-state index in [0.717, 1.165) is 44.1 Å². The molecular weight excluding hydrogens is 386 g/mol. The molecule has 1 aromatic carbocycles. The Kier molecular flexibility index (Phi) is 4.63. The standard InChI is InChI=1S/C27H37NO3/c1-25(2)14-15-27(31-24(25)30)13-11-22-21-9-6-17-16-18(23(29)28(4)5)7-8-19(17)20(21)10-12-26(22,27)3/h7-8,16,20-22H,6,9-15H2,1-5H3/t20-,21-,22+,26+,27-/m1/s1. The van der Waals surface area contributed by atoms with Crippen LogP contribution in [-0.2, 0) is 16.0 Å². The fourth-order valence-electron chi connectivity index (χ4n) is 7.63. The number of carbonyl (C=O) groups excluding carboxylic acids is 2. The molecule has 4 heteroatoms. The molecule has 0 unspecified atom stereocenters. The zero-order chi connectivity index (χ0) is 22.2. The van der Waals surface area contributed by atoms with E-state index in [1.807, 2.05) is 34.0 Å². The second kappa shape index (κ2) is 6.83. The van der Waals surface area contributed by atoms with Crippen LogP contribution in [0.5, 0.6) is 0 Å². The van der Waals surface area contributed by atoms with Crippen LogP contribution in [0.4, 0.5) is 0 Å². The lowest BCUT2D eigenvalue weighted by Gasteiger charge is -2.56. The van der Waals surface area contributed by atoms with Gasteiger partial charge in [-0.3, -0.25) is 9.59 Å². The number of ether oxygens (including phenoxy) is 1. The second-order valence-electron chi connectivity index (χ2n) is 11.8. The Bertz CT molecular complexity index is 934. The van der Waals surface area contributed by atoms with E-state index in [2.05, 4.69) is 19.1 Å². The van der Waals surface area contributed by atoms with Gasteiger partial charge in [0, 0.05) is 25.1 Å². The average molecular weight is 424 g/mol. The van der Waals surface area contributed by atoms with E-state index in [1.54, 1.807) is 4.90 Å². The van der Waals surface area contributed by atoms with Crippen molar-refractivity contribution in [2.24, 2.45) is 22.7 Å². The molecule has 5 rings (SSSR count). The lowest BCUT2D eigenvalue weighted by molar-refractivity contribution is -0.206. The summed E-state index contributed by atoms with van der Waals surface area (Å²) in [5.41, 5.74) is 3.14. The van der Waals surface area contributed by atoms with Crippen molar-refractivity contribution in [2.45, 2.75) is 83.7 Å². The second-order valence-corrected chi connectivity index (χ2v) is 11.8. The van der Waals surface area contributed by atoms with Crippen LogP contribution in [-0.4, -0.2) is 36.5 Å². The Morgan fingerprint density at radius 1 is 1.03 bits per heavy atom. The third-order valence-corrected chi connectivity index (χ3v) is 9.66. The summed E-state index contributed by atoms with van der Waals surface area (Å²) in [7, 11) is 3.63. The molecule has 2 saturated carbocycles. The molecule has 1 heterocycles. The zero-order valence-electron chi connectivity index (χ0n) is 19.8. The molecule has 4 aliphatic rings. The van der Waals surface area contributed by atoms with Gasteiger partial charge in [-0.2, -0.15) is 0 Å². The third-order valence-electron chi connectivity index (χ3n) is 9.66. The minimum absolute atomic E-state index is 0.00910. The Morgan fingerprint density at radius 2 is 1.81 bits per heavy atom. The number of hydrogen-bond acceptors (Lipinski definition) is 3. The summed E-state index contributed by atoms with van der Waals surface area (Å²) in [5.74, 6) is 1.96. The summed E-state index contributed by atoms with van der Waals surface area (Å²) in [5, 5.41) is 0. The van der Waals surface area contributed by atoms with Crippen molar-refractivity contribution in [2.75, 3.05) is 14.1 Å². The molecule has 1 amide bonds. The van der Waals surface area contributed by atoms with Crippen LogP contribution in [0.2, 0.25) is 0 Å². The van der Waals surface area contributed by atoms with Crippen molar-refractivity contribution in [1.82, 2.24) is 4.90 Å². The lowest BCUT2D eigenvalue weighted by Crippen LogP contribution is -2.56. The van der Waals surface area contributed by atoms with Gasteiger partial charge in [-0.15, -0.1) is 0 Å². The molecule has 0 N–H and O–H groups in total. The van der Waals surface area contributed by atoms with E-state index in [1.165, 1.54) is 24.0 Å². The number of nitrogens with zero attached hydrogens (tertiary/aromatic N) is 1. The van der Waals surface area contributed by atoms with Gasteiger partial charge >= 0.3 is 5.97 Å². The first-order chi connectivity index (χ1) is 14.6. The maximum absolute atomic E-state index is 12.8. The van der Waals surface area contributed by atoms with E-state index in [9.17, 15) is 9.59 Å². The molecule has 1 aromatic rings. The van der Waals surface area contributed by atoms with Crippen LogP contribution >= 0.6 is 0 Å². The molecule has 31 heavy (non-hydrogen) atoms. The molecule has 1 saturated heterocycles. The van der Waals surface area contributed by atoms with Crippen LogP contribution in [0.3, 0.4) is 0 Å². The van der Waals surface area contributed by atoms with Crippen molar-refractivity contribution in [3.05, 3.63) is 34.9 Å². The smallest absolute Gasteiger partial charge is 0.312 e. The SMILES string of the molecule is CN(C)C(=O)c1ccc2c(c1)CC[C@@H]1[C@@H]2CC[C@@]2(C)[C@H]1CC[C@@]21CCC(C)(C)C(=O)O1. The maximum Gasteiger partial charge on any atom is 0.312 e. The molecule has 3 fully saturated rings. The van der Waals surface area contributed by atoms with Gasteiger partial charge in [0.05, 0.1) is 5.41 Å². The van der Waals surface area contributed by atoms with Gasteiger partial charge in [-0.25, -0.2) is 0 Å². The van der Waals surface area contributed by atoms with Crippen molar-refractivity contribution >= 4 is 11.9 Å². The van der Waals surface area contributed by atoms with Crippen molar-refractivity contribution in [1.29, 1.82) is 0 Å². The van der Waals surface area contributed by atoms with E-state index in [-0.39, 0.29) is 28.3 Å². The topological polar surface area (TPSA) is 46.6 Å². The zero-order valence-corrected chi connectivity index (χ0v) is 19.8. The number of aryl methyl sites for hydroxylation is 1. The number of esters is 1. The summed E-state index contributed by atoms with van der Waals surface area (Å²) in [6, 6.07) is 6.40. The fourth-order valence-corrected chi connectivity index (χ4v) is 7.63. The first kappa shape index (κ1) is 21.0. The van der Waals surface area contributed by atoms with E-state index in [0.29, 0.717) is 17.8 Å². The van der Waals surface area contributed by atoms with Crippen LogP contribution in [0.25, 0.3) is 0 Å². The Balaban J connectivity index is 1.42. The van der Waals surface area contributed by atoms with Crippen LogP contribution in [0.1, 0.15) is 93.1 Å². The van der Waals surface area contributed by atoms with Gasteiger partial charge in [-0.05, 0) is 106 Å². The van der Waals surface area contributed by atoms with E-state index in [4.69, 9.17) is 4.74 Å². The number of benzene rings is 1. The molecule has 0 bridgehead atoms. The molecule has 1 spiro atoms. The summed E-state index contributed by atoms with van der Waals surface area (Å²) < 4.78 is 6.36. The van der Waals surface area contributed by atoms with Gasteiger partial charge < -0.3 is 9.64 Å². The highest BCUT2D eigenvalue weighted by atomic mass is 16.6. The summed E-state index contributed by atoms with van der Waals surface area (Å²) in [4.78, 5) is 26.9. The molecule has 168 valence electrons. The summed E-state index contributed by atoms with van der Waals surface area (Å²) >= 11 is 0. The predicted molar refractivity (Wildman–Crippen MR) is 121 cm³/mol. The highest BCUT2D eigenvalue weighted by Crippen LogP contribution is 2.67. The predicted octanol–water partition coefficient (Wildman–Crippen LogP) is 5.35. The molecule has 0 aromatic heterocycles. The first-order valence-corrected chi connectivity index (χ1v) is 12.2. The van der Waals surface area contributed by atoms with Crippen LogP contribution in [0.15, 0.2) is 18.2 Å². The van der Waals surface area contributed by atoms with Crippen molar-refractivity contribution in [3.8, 4) is 0 Å². The van der Waals surface area contributed by atoms with Crippen molar-refractivity contribution in [3.63, 3.8) is 0 Å². The highest BCUT2D eigenvalue weighted by molar-refractivity contribution is 5.94. The highest BCUT2D eigenvalue weighted by Gasteiger charge is 2.65. The lowest BCUT2D eigenvalue weighted by atomic mass is 9.52. The van der Waals surface area contributed by atoms with Gasteiger partial charge in [0.2, 0.25) is 0 Å². The fraction of sp³-hybridized carbons (Fsp3) is 0.704. The number of amides is 1. The minimum Gasteiger partial charge on any atom is -0.458 e. The average Bonchev–Trinajstić information content (AvgIpc) is 3.02. The maximum atomic E-state index is 12.8. The molecular formula is C27H37NO3. The Labute approximate surface area is 186 Å². The normalized spacial score (nSPS) is 38.1. The van der Waals surface area contributed by atoms with E-state index < -0.39 is 0 Å². The van der Waals surface area contributed by atoms with Crippen LogP contribution < -0.4 is 0 Å². The van der Waals surface area contributed by atoms with Gasteiger partial charge in [-0.1, -0.05) is 13.0 Å². The Hall–Kier alpha value is -1.84. The quantitative estimate of drug-likeness (QED) is 0.572. The van der Waals surface area contributed by atoms with Crippen LogP contribution in [0, 0.1) is 22.7 Å². The minimum atomic E-state index is -0.345. The third kappa shape index (κ3) is 2.93. The summed E-state index contributed by atoms with van der Waals surface area (Å²) in [6.45, 7) is 6.49. The summed E-state index contributed by atoms with van der Waals surface area (Å²) in [6.07, 6.45) is 8.69. The van der Waals surface area contributed by atoms with Gasteiger partial charge in [0.25, 0.3) is 5.91 Å². The molecule has 3 aliphatic carbocycles. The molecule has 1 aliphatic heterocycles.